The second-order valence-electron chi connectivity index (χ2n) is 6.62. The molecule has 140 valence electrons. The Kier molecular flexibility index (Phi) is 5.86. The molecular weight excluding hydrogens is 344 g/mol. The maximum atomic E-state index is 12.5. The molecule has 27 heavy (non-hydrogen) atoms. The van der Waals surface area contributed by atoms with E-state index in [1.807, 2.05) is 19.1 Å². The molecule has 2 aromatic rings. The van der Waals surface area contributed by atoms with Crippen molar-refractivity contribution in [1.82, 2.24) is 10.6 Å². The summed E-state index contributed by atoms with van der Waals surface area (Å²) in [7, 11) is 0. The maximum absolute atomic E-state index is 12.5. The number of carbonyl (C=O) groups excluding carboxylic acids is 3. The normalized spacial score (nSPS) is 14.1. The molecule has 1 fully saturated rings. The number of hydrogen-bond acceptors (Lipinski definition) is 4. The van der Waals surface area contributed by atoms with Gasteiger partial charge in [-0.3, -0.25) is 14.4 Å². The van der Waals surface area contributed by atoms with Crippen molar-refractivity contribution in [2.75, 3.05) is 6.54 Å². The summed E-state index contributed by atoms with van der Waals surface area (Å²) in [6.45, 7) is 1.57. The lowest BCUT2D eigenvalue weighted by molar-refractivity contribution is -0.155. The molecule has 1 atom stereocenters. The molecule has 0 heterocycles. The van der Waals surface area contributed by atoms with Gasteiger partial charge in [0.2, 0.25) is 6.10 Å². The molecule has 0 unspecified atom stereocenters. The highest BCUT2D eigenvalue weighted by atomic mass is 16.5. The van der Waals surface area contributed by atoms with Gasteiger partial charge in [-0.25, -0.2) is 0 Å². The zero-order valence-electron chi connectivity index (χ0n) is 15.1. The Morgan fingerprint density at radius 3 is 2.48 bits per heavy atom. The van der Waals surface area contributed by atoms with Crippen molar-refractivity contribution in [1.29, 1.82) is 0 Å². The Morgan fingerprint density at radius 1 is 1.07 bits per heavy atom. The molecule has 0 aliphatic heterocycles. The molecule has 0 spiro atoms. The molecular formula is C21H22N2O4. The summed E-state index contributed by atoms with van der Waals surface area (Å²) < 4.78 is 5.37. The third-order valence-corrected chi connectivity index (χ3v) is 4.19. The monoisotopic (exact) mass is 366 g/mol. The number of aryl methyl sites for hydroxylation is 1. The second-order valence-corrected chi connectivity index (χ2v) is 6.62. The van der Waals surface area contributed by atoms with E-state index >= 15 is 0 Å². The van der Waals surface area contributed by atoms with Gasteiger partial charge in [0, 0.05) is 17.2 Å². The van der Waals surface area contributed by atoms with Crippen LogP contribution < -0.4 is 10.6 Å². The highest BCUT2D eigenvalue weighted by Crippen LogP contribution is 2.23. The summed E-state index contributed by atoms with van der Waals surface area (Å²) in [5.74, 6) is -1.38. The standard InChI is InChI=1S/C21H22N2O4/c1-14-6-5-9-16(12-14)20(25)22-13-18(24)27-19(15-7-3-2-4-8-15)21(26)23-17-10-11-17/h2-9,12,17,19H,10-11,13H2,1H3,(H,22,25)(H,23,26)/t19-/m0/s1. The average Bonchev–Trinajstić information content (AvgIpc) is 3.48. The van der Waals surface area contributed by atoms with Crippen molar-refractivity contribution in [2.24, 2.45) is 0 Å². The minimum atomic E-state index is -1.03. The first kappa shape index (κ1) is 18.6. The Hall–Kier alpha value is -3.15. The molecule has 6 heteroatoms. The highest BCUT2D eigenvalue weighted by molar-refractivity contribution is 5.96. The molecule has 2 N–H and O–H groups in total. The number of esters is 1. The summed E-state index contributed by atoms with van der Waals surface area (Å²) in [5, 5.41) is 5.38. The van der Waals surface area contributed by atoms with Gasteiger partial charge in [0.25, 0.3) is 11.8 Å². The number of ether oxygens (including phenoxy) is 1. The average molecular weight is 366 g/mol. The third-order valence-electron chi connectivity index (χ3n) is 4.19. The molecule has 0 aromatic heterocycles. The fraction of sp³-hybridized carbons (Fsp3) is 0.286. The van der Waals surface area contributed by atoms with E-state index in [4.69, 9.17) is 4.74 Å². The topological polar surface area (TPSA) is 84.5 Å². The number of hydrogen-bond donors (Lipinski definition) is 2. The van der Waals surface area contributed by atoms with Gasteiger partial charge in [0.05, 0.1) is 0 Å². The van der Waals surface area contributed by atoms with Gasteiger partial charge >= 0.3 is 5.97 Å². The lowest BCUT2D eigenvalue weighted by Gasteiger charge is -2.18. The number of rotatable bonds is 7. The number of amides is 2. The lowest BCUT2D eigenvalue weighted by Crippen LogP contribution is -2.36. The molecule has 3 rings (SSSR count). The Labute approximate surface area is 157 Å². The number of carbonyl (C=O) groups is 3. The van der Waals surface area contributed by atoms with Crippen molar-refractivity contribution in [2.45, 2.75) is 31.9 Å². The molecule has 2 aromatic carbocycles. The largest absolute Gasteiger partial charge is 0.446 e. The van der Waals surface area contributed by atoms with Gasteiger partial charge in [0.1, 0.15) is 6.54 Å². The molecule has 6 nitrogen and oxygen atoms in total. The highest BCUT2D eigenvalue weighted by Gasteiger charge is 2.30. The van der Waals surface area contributed by atoms with Crippen LogP contribution in [-0.2, 0) is 14.3 Å². The van der Waals surface area contributed by atoms with Crippen LogP contribution in [0.5, 0.6) is 0 Å². The van der Waals surface area contributed by atoms with E-state index in [1.54, 1.807) is 42.5 Å². The SMILES string of the molecule is Cc1cccc(C(=O)NCC(=O)O[C@H](C(=O)NC2CC2)c2ccccc2)c1. The van der Waals surface area contributed by atoms with Gasteiger partial charge in [-0.05, 0) is 31.9 Å². The van der Waals surface area contributed by atoms with E-state index < -0.39 is 12.1 Å². The molecule has 2 amide bonds. The van der Waals surface area contributed by atoms with Crippen molar-refractivity contribution >= 4 is 17.8 Å². The summed E-state index contributed by atoms with van der Waals surface area (Å²) >= 11 is 0. The summed E-state index contributed by atoms with van der Waals surface area (Å²) in [6.07, 6.45) is 0.844. The van der Waals surface area contributed by atoms with Crippen LogP contribution in [0.15, 0.2) is 54.6 Å². The molecule has 1 aliphatic carbocycles. The van der Waals surface area contributed by atoms with Crippen LogP contribution in [0, 0.1) is 6.92 Å². The van der Waals surface area contributed by atoms with Gasteiger partial charge in [-0.15, -0.1) is 0 Å². The second kappa shape index (κ2) is 8.49. The predicted molar refractivity (Wildman–Crippen MR) is 100.0 cm³/mol. The molecule has 1 aliphatic rings. The van der Waals surface area contributed by atoms with Crippen LogP contribution in [0.1, 0.15) is 40.4 Å². The van der Waals surface area contributed by atoms with Gasteiger partial charge in [0.15, 0.2) is 0 Å². The third kappa shape index (κ3) is 5.41. The van der Waals surface area contributed by atoms with E-state index in [1.165, 1.54) is 0 Å². The van der Waals surface area contributed by atoms with Crippen molar-refractivity contribution < 1.29 is 19.1 Å². The zero-order valence-corrected chi connectivity index (χ0v) is 15.1. The summed E-state index contributed by atoms with van der Waals surface area (Å²) in [6, 6.07) is 16.1. The Bertz CT molecular complexity index is 831. The molecule has 0 saturated heterocycles. The first-order valence-electron chi connectivity index (χ1n) is 8.92. The van der Waals surface area contributed by atoms with Crippen LogP contribution in [0.25, 0.3) is 0 Å². The molecule has 1 saturated carbocycles. The molecule has 0 radical (unpaired) electrons. The minimum absolute atomic E-state index is 0.156. The van der Waals surface area contributed by atoms with Crippen LogP contribution in [0.4, 0.5) is 0 Å². The van der Waals surface area contributed by atoms with E-state index in [0.29, 0.717) is 11.1 Å². The van der Waals surface area contributed by atoms with E-state index in [2.05, 4.69) is 10.6 Å². The fourth-order valence-corrected chi connectivity index (χ4v) is 2.62. The minimum Gasteiger partial charge on any atom is -0.446 e. The van der Waals surface area contributed by atoms with Crippen molar-refractivity contribution in [3.8, 4) is 0 Å². The van der Waals surface area contributed by atoms with Crippen LogP contribution in [-0.4, -0.2) is 30.4 Å². The van der Waals surface area contributed by atoms with Crippen LogP contribution >= 0.6 is 0 Å². The maximum Gasteiger partial charge on any atom is 0.326 e. The Balaban J connectivity index is 1.60. The quantitative estimate of drug-likeness (QED) is 0.737. The fourth-order valence-electron chi connectivity index (χ4n) is 2.62. The summed E-state index contributed by atoms with van der Waals surface area (Å²) in [4.78, 5) is 36.8. The zero-order chi connectivity index (χ0) is 19.2. The summed E-state index contributed by atoms with van der Waals surface area (Å²) in [5.41, 5.74) is 2.01. The van der Waals surface area contributed by atoms with E-state index in [9.17, 15) is 14.4 Å². The number of benzene rings is 2. The van der Waals surface area contributed by atoms with Crippen molar-refractivity contribution in [3.05, 3.63) is 71.3 Å². The van der Waals surface area contributed by atoms with E-state index in [-0.39, 0.29) is 24.4 Å². The van der Waals surface area contributed by atoms with Gasteiger partial charge in [-0.1, -0.05) is 48.0 Å². The first-order valence-corrected chi connectivity index (χ1v) is 8.92. The predicted octanol–water partition coefficient (Wildman–Crippen LogP) is 2.29. The smallest absolute Gasteiger partial charge is 0.326 e. The molecule has 0 bridgehead atoms. The van der Waals surface area contributed by atoms with E-state index in [0.717, 1.165) is 18.4 Å². The number of nitrogens with one attached hydrogen (secondary N) is 2. The van der Waals surface area contributed by atoms with Crippen LogP contribution in [0.3, 0.4) is 0 Å². The Morgan fingerprint density at radius 2 is 1.81 bits per heavy atom. The van der Waals surface area contributed by atoms with Crippen molar-refractivity contribution in [3.63, 3.8) is 0 Å². The van der Waals surface area contributed by atoms with Crippen LogP contribution in [0.2, 0.25) is 0 Å². The van der Waals surface area contributed by atoms with Gasteiger partial charge < -0.3 is 15.4 Å². The first-order chi connectivity index (χ1) is 13.0. The van der Waals surface area contributed by atoms with Gasteiger partial charge in [-0.2, -0.15) is 0 Å². The lowest BCUT2D eigenvalue weighted by atomic mass is 10.1.